The van der Waals surface area contributed by atoms with Crippen molar-refractivity contribution >= 4 is 5.82 Å². The van der Waals surface area contributed by atoms with Crippen molar-refractivity contribution in [3.05, 3.63) is 71.4 Å². The van der Waals surface area contributed by atoms with E-state index >= 15 is 0 Å². The minimum absolute atomic E-state index is 0.108. The van der Waals surface area contributed by atoms with E-state index in [1.54, 1.807) is 6.20 Å². The van der Waals surface area contributed by atoms with Crippen molar-refractivity contribution in [2.24, 2.45) is 0 Å². The Labute approximate surface area is 146 Å². The second-order valence-electron chi connectivity index (χ2n) is 6.14. The first-order chi connectivity index (χ1) is 12.3. The van der Waals surface area contributed by atoms with Crippen LogP contribution in [0, 0.1) is 11.3 Å². The summed E-state index contributed by atoms with van der Waals surface area (Å²) in [5, 5.41) is 17.2. The van der Waals surface area contributed by atoms with Gasteiger partial charge in [-0.1, -0.05) is 30.3 Å². The fourth-order valence-corrected chi connectivity index (χ4v) is 3.35. The molecule has 1 atom stereocenters. The van der Waals surface area contributed by atoms with Crippen LogP contribution in [0.1, 0.15) is 41.4 Å². The van der Waals surface area contributed by atoms with E-state index in [4.69, 9.17) is 0 Å². The van der Waals surface area contributed by atoms with Crippen molar-refractivity contribution in [2.75, 3.05) is 5.32 Å². The quantitative estimate of drug-likeness (QED) is 0.795. The topological polar surface area (TPSA) is 79.4 Å². The van der Waals surface area contributed by atoms with E-state index in [2.05, 4.69) is 43.3 Å². The van der Waals surface area contributed by atoms with Crippen LogP contribution in [-0.4, -0.2) is 19.7 Å². The highest BCUT2D eigenvalue weighted by Gasteiger charge is 2.25. The molecule has 0 saturated heterocycles. The molecule has 0 amide bonds. The van der Waals surface area contributed by atoms with E-state index in [0.717, 1.165) is 25.8 Å². The van der Waals surface area contributed by atoms with E-state index in [-0.39, 0.29) is 6.04 Å². The van der Waals surface area contributed by atoms with E-state index in [9.17, 15) is 5.26 Å². The van der Waals surface area contributed by atoms with Gasteiger partial charge in [-0.05, 0) is 24.8 Å². The third-order valence-electron chi connectivity index (χ3n) is 4.55. The summed E-state index contributed by atoms with van der Waals surface area (Å²) in [6.45, 7) is 0.775. The molecule has 1 N–H and O–H groups in total. The molecule has 2 heterocycles. The average Bonchev–Trinajstić information content (AvgIpc) is 3.07. The molecule has 0 fully saturated rings. The Morgan fingerprint density at radius 1 is 1.20 bits per heavy atom. The number of rotatable bonds is 4. The van der Waals surface area contributed by atoms with Crippen LogP contribution in [0.25, 0.3) is 0 Å². The van der Waals surface area contributed by atoms with Gasteiger partial charge in [0.25, 0.3) is 0 Å². The Morgan fingerprint density at radius 2 is 2.04 bits per heavy atom. The van der Waals surface area contributed by atoms with Crippen LogP contribution in [0.3, 0.4) is 0 Å². The third kappa shape index (κ3) is 3.09. The standard InChI is InChI=1S/C19H18N6/c20-11-17-19(22-10-9-21-17)24-16-7-4-8-18-15(16)12-23-25(18)13-14-5-2-1-3-6-14/h1-3,5-6,9-10,12,16H,4,7-8,13H2,(H,22,24). The number of anilines is 1. The minimum Gasteiger partial charge on any atom is -0.361 e. The maximum Gasteiger partial charge on any atom is 0.182 e. The highest BCUT2D eigenvalue weighted by Crippen LogP contribution is 2.32. The first-order valence-corrected chi connectivity index (χ1v) is 8.41. The van der Waals surface area contributed by atoms with E-state index in [0.29, 0.717) is 11.5 Å². The average molecular weight is 330 g/mol. The summed E-state index contributed by atoms with van der Waals surface area (Å²) in [6, 6.07) is 12.6. The maximum absolute atomic E-state index is 9.20. The third-order valence-corrected chi connectivity index (χ3v) is 4.55. The molecule has 0 radical (unpaired) electrons. The Bertz CT molecular complexity index is 909. The van der Waals surface area contributed by atoms with Crippen LogP contribution < -0.4 is 5.32 Å². The Hall–Kier alpha value is -3.20. The second kappa shape index (κ2) is 6.73. The summed E-state index contributed by atoms with van der Waals surface area (Å²) in [6.07, 6.45) is 8.17. The van der Waals surface area contributed by atoms with Crippen LogP contribution in [0.5, 0.6) is 0 Å². The van der Waals surface area contributed by atoms with Crippen molar-refractivity contribution in [1.29, 1.82) is 5.26 Å². The smallest absolute Gasteiger partial charge is 0.182 e. The molecule has 0 aliphatic heterocycles. The van der Waals surface area contributed by atoms with Crippen molar-refractivity contribution in [3.63, 3.8) is 0 Å². The van der Waals surface area contributed by atoms with Gasteiger partial charge in [0, 0.05) is 23.7 Å². The van der Waals surface area contributed by atoms with Crippen molar-refractivity contribution in [3.8, 4) is 6.07 Å². The molecule has 4 rings (SSSR count). The Balaban J connectivity index is 1.60. The molecule has 0 spiro atoms. The number of hydrogen-bond donors (Lipinski definition) is 1. The molecule has 1 aliphatic rings. The molecule has 2 aromatic heterocycles. The lowest BCUT2D eigenvalue weighted by atomic mass is 9.93. The molecule has 0 bridgehead atoms. The number of aromatic nitrogens is 4. The summed E-state index contributed by atoms with van der Waals surface area (Å²) in [4.78, 5) is 8.34. The first kappa shape index (κ1) is 15.3. The lowest BCUT2D eigenvalue weighted by Crippen LogP contribution is -2.20. The number of benzene rings is 1. The second-order valence-corrected chi connectivity index (χ2v) is 6.14. The summed E-state index contributed by atoms with van der Waals surface area (Å²) in [5.74, 6) is 0.540. The monoisotopic (exact) mass is 330 g/mol. The lowest BCUT2D eigenvalue weighted by molar-refractivity contribution is 0.555. The number of nitrogens with zero attached hydrogens (tertiary/aromatic N) is 5. The highest BCUT2D eigenvalue weighted by atomic mass is 15.3. The number of fused-ring (bicyclic) bond motifs is 1. The maximum atomic E-state index is 9.20. The fourth-order valence-electron chi connectivity index (χ4n) is 3.35. The molecule has 25 heavy (non-hydrogen) atoms. The summed E-state index contributed by atoms with van der Waals surface area (Å²) < 4.78 is 2.08. The van der Waals surface area contributed by atoms with Gasteiger partial charge in [-0.25, -0.2) is 9.97 Å². The molecule has 6 heteroatoms. The molecular weight excluding hydrogens is 312 g/mol. The summed E-state index contributed by atoms with van der Waals surface area (Å²) in [5.41, 5.74) is 4.02. The van der Waals surface area contributed by atoms with Gasteiger partial charge >= 0.3 is 0 Å². The van der Waals surface area contributed by atoms with E-state index in [1.165, 1.54) is 23.0 Å². The zero-order valence-corrected chi connectivity index (χ0v) is 13.8. The van der Waals surface area contributed by atoms with Crippen molar-refractivity contribution < 1.29 is 0 Å². The SMILES string of the molecule is N#Cc1nccnc1NC1CCCc2c1cnn2Cc1ccccc1. The molecule has 1 aromatic carbocycles. The highest BCUT2D eigenvalue weighted by molar-refractivity contribution is 5.49. The Morgan fingerprint density at radius 3 is 2.88 bits per heavy atom. The van der Waals surface area contributed by atoms with Crippen molar-refractivity contribution in [2.45, 2.75) is 31.8 Å². The predicted octanol–water partition coefficient (Wildman–Crippen LogP) is 3.08. The van der Waals surface area contributed by atoms with Crippen LogP contribution in [0.15, 0.2) is 48.9 Å². The largest absolute Gasteiger partial charge is 0.361 e. The Kier molecular flexibility index (Phi) is 4.13. The van der Waals surface area contributed by atoms with Gasteiger partial charge in [0.1, 0.15) is 6.07 Å². The van der Waals surface area contributed by atoms with Crippen molar-refractivity contribution in [1.82, 2.24) is 19.7 Å². The molecule has 124 valence electrons. The molecule has 1 aliphatic carbocycles. The molecule has 6 nitrogen and oxygen atoms in total. The number of nitrogens with one attached hydrogen (secondary N) is 1. The predicted molar refractivity (Wildman–Crippen MR) is 93.8 cm³/mol. The molecule has 1 unspecified atom stereocenters. The van der Waals surface area contributed by atoms with Crippen LogP contribution in [0.4, 0.5) is 5.82 Å². The molecule has 0 saturated carbocycles. The van der Waals surface area contributed by atoms with Crippen LogP contribution >= 0.6 is 0 Å². The minimum atomic E-state index is 0.108. The lowest BCUT2D eigenvalue weighted by Gasteiger charge is -2.24. The van der Waals surface area contributed by atoms with Crippen LogP contribution in [0.2, 0.25) is 0 Å². The van der Waals surface area contributed by atoms with Crippen LogP contribution in [-0.2, 0) is 13.0 Å². The van der Waals surface area contributed by atoms with Gasteiger partial charge in [0.05, 0.1) is 18.8 Å². The molecular formula is C19H18N6. The van der Waals surface area contributed by atoms with Gasteiger partial charge in [-0.2, -0.15) is 10.4 Å². The van der Waals surface area contributed by atoms with E-state index in [1.807, 2.05) is 24.4 Å². The van der Waals surface area contributed by atoms with Gasteiger partial charge in [-0.15, -0.1) is 0 Å². The summed E-state index contributed by atoms with van der Waals surface area (Å²) in [7, 11) is 0. The van der Waals surface area contributed by atoms with Gasteiger partial charge < -0.3 is 5.32 Å². The number of hydrogen-bond acceptors (Lipinski definition) is 5. The fraction of sp³-hybridized carbons (Fsp3) is 0.263. The first-order valence-electron chi connectivity index (χ1n) is 8.41. The zero-order valence-electron chi connectivity index (χ0n) is 13.8. The summed E-state index contributed by atoms with van der Waals surface area (Å²) >= 11 is 0. The van der Waals surface area contributed by atoms with Gasteiger partial charge in [0.2, 0.25) is 0 Å². The van der Waals surface area contributed by atoms with Gasteiger partial charge in [0.15, 0.2) is 11.5 Å². The normalized spacial score (nSPS) is 16.0. The number of nitriles is 1. The van der Waals surface area contributed by atoms with E-state index < -0.39 is 0 Å². The molecule has 3 aromatic rings. The van der Waals surface area contributed by atoms with Gasteiger partial charge in [-0.3, -0.25) is 4.68 Å². The zero-order chi connectivity index (χ0) is 17.1.